The van der Waals surface area contributed by atoms with Crippen molar-refractivity contribution < 1.29 is 10.0 Å². The van der Waals surface area contributed by atoms with Gasteiger partial charge in [0.2, 0.25) is 5.91 Å². The van der Waals surface area contributed by atoms with Crippen molar-refractivity contribution in [3.05, 3.63) is 54.1 Å². The van der Waals surface area contributed by atoms with Crippen LogP contribution in [0.5, 0.6) is 0 Å². The second-order valence-electron chi connectivity index (χ2n) is 7.40. The summed E-state index contributed by atoms with van der Waals surface area (Å²) in [5.74, 6) is -0.248. The lowest BCUT2D eigenvalue weighted by Gasteiger charge is -2.21. The standard InChI is InChI=1S/C23H34N4O2/c1-5-26(6-2)22-15-13-21(14-16-22)24-20-11-9-19(10-12-20)18-27(29)23(28)8-7-17-25(3)4/h9-16,24,29H,5-8,17-18H2,1-4H3. The van der Waals surface area contributed by atoms with Gasteiger partial charge in [0, 0.05) is 36.6 Å². The van der Waals surface area contributed by atoms with Crippen LogP contribution in [0.25, 0.3) is 0 Å². The highest BCUT2D eigenvalue weighted by Crippen LogP contribution is 2.21. The molecule has 0 aliphatic carbocycles. The molecular weight excluding hydrogens is 364 g/mol. The summed E-state index contributed by atoms with van der Waals surface area (Å²) in [5.41, 5.74) is 4.09. The van der Waals surface area contributed by atoms with E-state index in [9.17, 15) is 10.0 Å². The summed E-state index contributed by atoms with van der Waals surface area (Å²) in [4.78, 5) is 16.3. The SMILES string of the molecule is CCN(CC)c1ccc(Nc2ccc(CN(O)C(=O)CCCN(C)C)cc2)cc1. The van der Waals surface area contributed by atoms with E-state index < -0.39 is 0 Å². The minimum Gasteiger partial charge on any atom is -0.372 e. The van der Waals surface area contributed by atoms with Gasteiger partial charge in [-0.25, -0.2) is 5.06 Å². The molecule has 6 heteroatoms. The van der Waals surface area contributed by atoms with Gasteiger partial charge in [0.05, 0.1) is 6.54 Å². The summed E-state index contributed by atoms with van der Waals surface area (Å²) in [7, 11) is 3.94. The Kier molecular flexibility index (Phi) is 8.96. The van der Waals surface area contributed by atoms with Gasteiger partial charge in [-0.15, -0.1) is 0 Å². The smallest absolute Gasteiger partial charge is 0.246 e. The van der Waals surface area contributed by atoms with Crippen LogP contribution in [0, 0.1) is 0 Å². The number of nitrogens with zero attached hydrogens (tertiary/aromatic N) is 3. The lowest BCUT2D eigenvalue weighted by molar-refractivity contribution is -0.168. The topological polar surface area (TPSA) is 59.0 Å². The third-order valence-corrected chi connectivity index (χ3v) is 4.85. The molecule has 158 valence electrons. The molecular formula is C23H34N4O2. The molecule has 2 aromatic carbocycles. The van der Waals surface area contributed by atoms with E-state index in [0.717, 1.165) is 48.1 Å². The second kappa shape index (κ2) is 11.4. The predicted octanol–water partition coefficient (Wildman–Crippen LogP) is 4.34. The molecule has 1 amide bonds. The number of amides is 1. The Morgan fingerprint density at radius 3 is 2.00 bits per heavy atom. The number of anilines is 3. The molecule has 2 N–H and O–H groups in total. The zero-order chi connectivity index (χ0) is 21.2. The van der Waals surface area contributed by atoms with Crippen molar-refractivity contribution in [2.75, 3.05) is 43.9 Å². The summed E-state index contributed by atoms with van der Waals surface area (Å²) < 4.78 is 0. The van der Waals surface area contributed by atoms with Crippen LogP contribution in [0.15, 0.2) is 48.5 Å². The molecule has 0 spiro atoms. The maximum Gasteiger partial charge on any atom is 0.246 e. The lowest BCUT2D eigenvalue weighted by Crippen LogP contribution is -2.27. The van der Waals surface area contributed by atoms with Gasteiger partial charge in [0.15, 0.2) is 0 Å². The fourth-order valence-corrected chi connectivity index (χ4v) is 3.14. The first-order valence-corrected chi connectivity index (χ1v) is 10.3. The maximum atomic E-state index is 12.0. The molecule has 0 aliphatic rings. The lowest BCUT2D eigenvalue weighted by atomic mass is 10.2. The normalized spacial score (nSPS) is 10.8. The summed E-state index contributed by atoms with van der Waals surface area (Å²) in [6.45, 7) is 7.31. The molecule has 0 atom stereocenters. The number of benzene rings is 2. The molecule has 6 nitrogen and oxygen atoms in total. The van der Waals surface area contributed by atoms with E-state index in [0.29, 0.717) is 6.42 Å². The average molecular weight is 399 g/mol. The van der Waals surface area contributed by atoms with Crippen molar-refractivity contribution in [2.45, 2.75) is 33.2 Å². The summed E-state index contributed by atoms with van der Waals surface area (Å²) in [6.07, 6.45) is 1.08. The Bertz CT molecular complexity index is 740. The summed E-state index contributed by atoms with van der Waals surface area (Å²) in [5, 5.41) is 14.2. The van der Waals surface area contributed by atoms with Crippen molar-refractivity contribution in [3.8, 4) is 0 Å². The molecule has 0 radical (unpaired) electrons. The van der Waals surface area contributed by atoms with E-state index in [1.165, 1.54) is 5.69 Å². The zero-order valence-corrected chi connectivity index (χ0v) is 18.1. The van der Waals surface area contributed by atoms with Crippen LogP contribution in [-0.2, 0) is 11.3 Å². The van der Waals surface area contributed by atoms with E-state index in [4.69, 9.17) is 0 Å². The van der Waals surface area contributed by atoms with Gasteiger partial charge in [-0.1, -0.05) is 12.1 Å². The van der Waals surface area contributed by atoms with E-state index in [-0.39, 0.29) is 12.5 Å². The van der Waals surface area contributed by atoms with Crippen LogP contribution in [-0.4, -0.2) is 54.8 Å². The monoisotopic (exact) mass is 398 g/mol. The van der Waals surface area contributed by atoms with Crippen LogP contribution in [0.3, 0.4) is 0 Å². The van der Waals surface area contributed by atoms with E-state index >= 15 is 0 Å². The number of carbonyl (C=O) groups is 1. The first-order valence-electron chi connectivity index (χ1n) is 10.3. The fraction of sp³-hybridized carbons (Fsp3) is 0.435. The van der Waals surface area contributed by atoms with Gasteiger partial charge < -0.3 is 15.1 Å². The number of carbonyl (C=O) groups excluding carboxylic acids is 1. The highest BCUT2D eigenvalue weighted by molar-refractivity contribution is 5.74. The molecule has 0 bridgehead atoms. The number of hydrogen-bond acceptors (Lipinski definition) is 5. The van der Waals surface area contributed by atoms with Crippen LogP contribution >= 0.6 is 0 Å². The molecule has 0 aliphatic heterocycles. The molecule has 2 aromatic rings. The first-order chi connectivity index (χ1) is 13.9. The minimum absolute atomic E-state index is 0.194. The Balaban J connectivity index is 1.87. The Labute approximate surface area is 174 Å². The van der Waals surface area contributed by atoms with Gasteiger partial charge in [-0.3, -0.25) is 10.0 Å². The Morgan fingerprint density at radius 2 is 1.48 bits per heavy atom. The van der Waals surface area contributed by atoms with Crippen molar-refractivity contribution in [1.82, 2.24) is 9.96 Å². The molecule has 2 rings (SSSR count). The predicted molar refractivity (Wildman–Crippen MR) is 120 cm³/mol. The molecule has 0 heterocycles. The number of rotatable bonds is 11. The van der Waals surface area contributed by atoms with Gasteiger partial charge in [-0.05, 0) is 82.9 Å². The van der Waals surface area contributed by atoms with Gasteiger partial charge in [0.1, 0.15) is 0 Å². The van der Waals surface area contributed by atoms with Crippen molar-refractivity contribution in [1.29, 1.82) is 0 Å². The summed E-state index contributed by atoms with van der Waals surface area (Å²) in [6, 6.07) is 16.1. The molecule has 0 fully saturated rings. The third-order valence-electron chi connectivity index (χ3n) is 4.85. The first kappa shape index (κ1) is 22.7. The van der Waals surface area contributed by atoms with Crippen LogP contribution in [0.2, 0.25) is 0 Å². The minimum atomic E-state index is -0.248. The quantitative estimate of drug-likeness (QED) is 0.436. The van der Waals surface area contributed by atoms with Crippen LogP contribution in [0.4, 0.5) is 17.1 Å². The fourth-order valence-electron chi connectivity index (χ4n) is 3.14. The van der Waals surface area contributed by atoms with Crippen LogP contribution < -0.4 is 10.2 Å². The molecule has 0 saturated carbocycles. The third kappa shape index (κ3) is 7.40. The van der Waals surface area contributed by atoms with Crippen molar-refractivity contribution in [2.24, 2.45) is 0 Å². The average Bonchev–Trinajstić information content (AvgIpc) is 2.71. The molecule has 29 heavy (non-hydrogen) atoms. The molecule has 0 saturated heterocycles. The molecule has 0 unspecified atom stereocenters. The highest BCUT2D eigenvalue weighted by Gasteiger charge is 2.11. The summed E-state index contributed by atoms with van der Waals surface area (Å²) >= 11 is 0. The van der Waals surface area contributed by atoms with Crippen LogP contribution in [0.1, 0.15) is 32.3 Å². The Morgan fingerprint density at radius 1 is 0.931 bits per heavy atom. The van der Waals surface area contributed by atoms with E-state index in [1.807, 2.05) is 43.3 Å². The van der Waals surface area contributed by atoms with E-state index in [1.54, 1.807) is 0 Å². The highest BCUT2D eigenvalue weighted by atomic mass is 16.5. The van der Waals surface area contributed by atoms with Gasteiger partial charge in [0.25, 0.3) is 0 Å². The van der Waals surface area contributed by atoms with Crippen molar-refractivity contribution in [3.63, 3.8) is 0 Å². The van der Waals surface area contributed by atoms with E-state index in [2.05, 4.69) is 48.3 Å². The number of hydrogen-bond donors (Lipinski definition) is 2. The zero-order valence-electron chi connectivity index (χ0n) is 18.1. The largest absolute Gasteiger partial charge is 0.372 e. The van der Waals surface area contributed by atoms with Gasteiger partial charge >= 0.3 is 0 Å². The maximum absolute atomic E-state index is 12.0. The Hall–Kier alpha value is -2.57. The number of hydroxylamine groups is 2. The second-order valence-corrected chi connectivity index (χ2v) is 7.40. The molecule has 0 aromatic heterocycles. The van der Waals surface area contributed by atoms with Crippen molar-refractivity contribution >= 4 is 23.0 Å². The number of nitrogens with one attached hydrogen (secondary N) is 1. The van der Waals surface area contributed by atoms with Gasteiger partial charge in [-0.2, -0.15) is 0 Å².